The molecule has 1 N–H and O–H groups in total. The molecule has 2 bridgehead atoms. The number of aryl methyl sites for hydroxylation is 1. The van der Waals surface area contributed by atoms with Crippen LogP contribution in [0.15, 0.2) is 0 Å². The molecule has 5 heteroatoms. The molecule has 1 saturated heterocycles. The van der Waals surface area contributed by atoms with Crippen LogP contribution in [0.1, 0.15) is 35.4 Å². The summed E-state index contributed by atoms with van der Waals surface area (Å²) < 4.78 is 0. The molecule has 0 aromatic carbocycles. The summed E-state index contributed by atoms with van der Waals surface area (Å²) in [5.41, 5.74) is 1.16. The van der Waals surface area contributed by atoms with Crippen molar-refractivity contribution in [2.45, 2.75) is 26.2 Å². The first-order valence-electron chi connectivity index (χ1n) is 7.15. The predicted octanol–water partition coefficient (Wildman–Crippen LogP) is 2.49. The number of carbonyl (C=O) groups excluding carboxylic acids is 1. The van der Waals surface area contributed by atoms with Gasteiger partial charge in [0.1, 0.15) is 0 Å². The number of aromatic nitrogens is 2. The number of nitrogens with zero attached hydrogens (tertiary/aromatic N) is 2. The van der Waals surface area contributed by atoms with Crippen LogP contribution in [0.25, 0.3) is 0 Å². The van der Waals surface area contributed by atoms with Crippen molar-refractivity contribution in [1.29, 1.82) is 0 Å². The Hall–Kier alpha value is -1.03. The lowest BCUT2D eigenvalue weighted by molar-refractivity contribution is 0.0770. The summed E-state index contributed by atoms with van der Waals surface area (Å²) >= 11 is 6.13. The van der Waals surface area contributed by atoms with Crippen LogP contribution < -0.4 is 0 Å². The lowest BCUT2D eigenvalue weighted by atomic mass is 9.82. The molecule has 4 atom stereocenters. The molecule has 1 aromatic rings. The van der Waals surface area contributed by atoms with E-state index in [1.54, 1.807) is 0 Å². The molecule has 1 aromatic heterocycles. The number of rotatable bonds is 1. The van der Waals surface area contributed by atoms with Crippen molar-refractivity contribution < 1.29 is 4.79 Å². The number of carbonyl (C=O) groups is 1. The fourth-order valence-corrected chi connectivity index (χ4v) is 4.72. The van der Waals surface area contributed by atoms with E-state index in [9.17, 15) is 4.79 Å². The van der Waals surface area contributed by atoms with Gasteiger partial charge in [0.2, 0.25) is 0 Å². The maximum absolute atomic E-state index is 12.5. The second-order valence-electron chi connectivity index (χ2n) is 6.38. The normalized spacial score (nSPS) is 36.0. The Kier molecular flexibility index (Phi) is 2.47. The third-order valence-electron chi connectivity index (χ3n) is 5.50. The molecule has 19 heavy (non-hydrogen) atoms. The topological polar surface area (TPSA) is 49.0 Å². The monoisotopic (exact) mass is 279 g/mol. The molecular formula is C14H18ClN3O. The average Bonchev–Trinajstić information content (AvgIpc) is 3.12. The van der Waals surface area contributed by atoms with Crippen molar-refractivity contribution in [2.75, 3.05) is 13.1 Å². The summed E-state index contributed by atoms with van der Waals surface area (Å²) in [6.07, 6.45) is 4.14. The first kappa shape index (κ1) is 11.8. The number of fused-ring (bicyclic) bond motifs is 5. The van der Waals surface area contributed by atoms with Gasteiger partial charge in [0.05, 0.1) is 10.7 Å². The van der Waals surface area contributed by atoms with Crippen LogP contribution in [-0.2, 0) is 0 Å². The van der Waals surface area contributed by atoms with Gasteiger partial charge >= 0.3 is 0 Å². The highest BCUT2D eigenvalue weighted by Gasteiger charge is 2.52. The fraction of sp³-hybridized carbons (Fsp3) is 0.714. The molecule has 0 radical (unpaired) electrons. The maximum Gasteiger partial charge on any atom is 0.275 e. The van der Waals surface area contributed by atoms with Crippen molar-refractivity contribution in [3.05, 3.63) is 16.4 Å². The summed E-state index contributed by atoms with van der Waals surface area (Å²) in [6, 6.07) is 0. The molecule has 2 heterocycles. The molecule has 4 nitrogen and oxygen atoms in total. The van der Waals surface area contributed by atoms with Crippen molar-refractivity contribution in [3.63, 3.8) is 0 Å². The van der Waals surface area contributed by atoms with Gasteiger partial charge < -0.3 is 4.90 Å². The van der Waals surface area contributed by atoms with Crippen LogP contribution in [0.4, 0.5) is 0 Å². The molecule has 4 rings (SSSR count). The minimum Gasteiger partial charge on any atom is -0.337 e. The Labute approximate surface area is 117 Å². The molecular weight excluding hydrogens is 262 g/mol. The minimum atomic E-state index is 0.00292. The van der Waals surface area contributed by atoms with E-state index >= 15 is 0 Å². The van der Waals surface area contributed by atoms with Crippen LogP contribution in [0, 0.1) is 30.6 Å². The summed E-state index contributed by atoms with van der Waals surface area (Å²) in [7, 11) is 0. The van der Waals surface area contributed by atoms with Crippen molar-refractivity contribution in [2.24, 2.45) is 23.7 Å². The molecule has 1 amide bonds. The number of likely N-dealkylation sites (tertiary alicyclic amines) is 1. The molecule has 2 saturated carbocycles. The van der Waals surface area contributed by atoms with Crippen molar-refractivity contribution >= 4 is 17.5 Å². The van der Waals surface area contributed by atoms with Crippen molar-refractivity contribution in [1.82, 2.24) is 15.1 Å². The van der Waals surface area contributed by atoms with E-state index in [2.05, 4.69) is 10.2 Å². The highest BCUT2D eigenvalue weighted by Crippen LogP contribution is 2.55. The number of nitrogens with one attached hydrogen (secondary N) is 1. The highest BCUT2D eigenvalue weighted by atomic mass is 35.5. The van der Waals surface area contributed by atoms with Crippen LogP contribution in [0.3, 0.4) is 0 Å². The second kappa shape index (κ2) is 3.98. The van der Waals surface area contributed by atoms with E-state index in [4.69, 9.17) is 11.6 Å². The first-order chi connectivity index (χ1) is 9.15. The van der Waals surface area contributed by atoms with Crippen molar-refractivity contribution in [3.8, 4) is 0 Å². The molecule has 3 fully saturated rings. The van der Waals surface area contributed by atoms with E-state index in [-0.39, 0.29) is 5.91 Å². The van der Waals surface area contributed by atoms with E-state index in [1.165, 1.54) is 19.3 Å². The van der Waals surface area contributed by atoms with Gasteiger partial charge in [-0.05, 0) is 49.9 Å². The summed E-state index contributed by atoms with van der Waals surface area (Å²) in [4.78, 5) is 14.5. The third kappa shape index (κ3) is 1.59. The smallest absolute Gasteiger partial charge is 0.275 e. The lowest BCUT2D eigenvalue weighted by Gasteiger charge is -2.22. The van der Waals surface area contributed by atoms with Gasteiger partial charge in [0.15, 0.2) is 5.69 Å². The van der Waals surface area contributed by atoms with Gasteiger partial charge in [-0.15, -0.1) is 0 Å². The minimum absolute atomic E-state index is 0.00292. The quantitative estimate of drug-likeness (QED) is 0.859. The van der Waals surface area contributed by atoms with Gasteiger partial charge in [-0.3, -0.25) is 9.89 Å². The Morgan fingerprint density at radius 3 is 2.47 bits per heavy atom. The Balaban J connectivity index is 1.56. The van der Waals surface area contributed by atoms with Gasteiger partial charge in [-0.25, -0.2) is 0 Å². The number of amides is 1. The number of hydrogen-bond acceptors (Lipinski definition) is 2. The molecule has 2 aliphatic carbocycles. The van der Waals surface area contributed by atoms with Crippen LogP contribution in [-0.4, -0.2) is 34.1 Å². The van der Waals surface area contributed by atoms with Gasteiger partial charge in [-0.1, -0.05) is 11.6 Å². The summed E-state index contributed by atoms with van der Waals surface area (Å²) in [5, 5.41) is 7.33. The molecule has 102 valence electrons. The molecule has 0 unspecified atom stereocenters. The van der Waals surface area contributed by atoms with Crippen LogP contribution >= 0.6 is 11.6 Å². The van der Waals surface area contributed by atoms with E-state index in [0.717, 1.165) is 42.5 Å². The maximum atomic E-state index is 12.5. The molecule has 3 aliphatic rings. The number of H-pyrrole nitrogens is 1. The van der Waals surface area contributed by atoms with E-state index in [1.807, 2.05) is 11.8 Å². The number of aromatic amines is 1. The molecule has 0 spiro atoms. The van der Waals surface area contributed by atoms with E-state index in [0.29, 0.717) is 10.7 Å². The van der Waals surface area contributed by atoms with E-state index < -0.39 is 0 Å². The highest BCUT2D eigenvalue weighted by molar-refractivity contribution is 6.34. The standard InChI is InChI=1S/C14H18ClN3O/c1-7-12(15)13(17-16-7)14(19)18-5-10-8-2-3-9(4-8)11(10)6-18/h8-11H,2-6H2,1H3,(H,16,17)/t8-,9+,10-,11+. The second-order valence-corrected chi connectivity index (χ2v) is 6.76. The third-order valence-corrected chi connectivity index (χ3v) is 5.96. The first-order valence-corrected chi connectivity index (χ1v) is 7.52. The van der Waals surface area contributed by atoms with Crippen LogP contribution in [0.2, 0.25) is 5.02 Å². The zero-order valence-corrected chi connectivity index (χ0v) is 11.8. The zero-order valence-electron chi connectivity index (χ0n) is 11.0. The largest absolute Gasteiger partial charge is 0.337 e. The van der Waals surface area contributed by atoms with Crippen LogP contribution in [0.5, 0.6) is 0 Å². The fourth-order valence-electron chi connectivity index (χ4n) is 4.55. The van der Waals surface area contributed by atoms with Gasteiger partial charge in [0.25, 0.3) is 5.91 Å². The van der Waals surface area contributed by atoms with Gasteiger partial charge in [0, 0.05) is 13.1 Å². The predicted molar refractivity (Wildman–Crippen MR) is 72.0 cm³/mol. The average molecular weight is 280 g/mol. The Bertz CT molecular complexity index is 523. The summed E-state index contributed by atoms with van der Waals surface area (Å²) in [5.74, 6) is 3.21. The summed E-state index contributed by atoms with van der Waals surface area (Å²) in [6.45, 7) is 3.66. The zero-order chi connectivity index (χ0) is 13.1. The Morgan fingerprint density at radius 2 is 1.95 bits per heavy atom. The Morgan fingerprint density at radius 1 is 1.32 bits per heavy atom. The van der Waals surface area contributed by atoms with Gasteiger partial charge in [-0.2, -0.15) is 5.10 Å². The molecule has 1 aliphatic heterocycles. The number of halogens is 1. The number of hydrogen-bond donors (Lipinski definition) is 1. The lowest BCUT2D eigenvalue weighted by Crippen LogP contribution is -2.30. The SMILES string of the molecule is Cc1[nH]nc(C(=O)N2C[C@@H]3[C@@H]4CC[C@@H](C4)[C@@H]3C2)c1Cl.